The Labute approximate surface area is 106 Å². The van der Waals surface area contributed by atoms with E-state index < -0.39 is 0 Å². The SMILES string of the molecule is CC(C)CN(CC1(CS)CCCC1)C1CC1. The molecule has 2 aliphatic carbocycles. The largest absolute Gasteiger partial charge is 0.300 e. The second kappa shape index (κ2) is 5.30. The average molecular weight is 241 g/mol. The highest BCUT2D eigenvalue weighted by Crippen LogP contribution is 2.41. The summed E-state index contributed by atoms with van der Waals surface area (Å²) in [4.78, 5) is 2.77. The zero-order valence-electron chi connectivity index (χ0n) is 10.9. The molecule has 0 aromatic rings. The van der Waals surface area contributed by atoms with Crippen molar-refractivity contribution in [2.75, 3.05) is 18.8 Å². The topological polar surface area (TPSA) is 3.24 Å². The summed E-state index contributed by atoms with van der Waals surface area (Å²) in [5.41, 5.74) is 0.556. The zero-order valence-corrected chi connectivity index (χ0v) is 11.8. The molecule has 94 valence electrons. The van der Waals surface area contributed by atoms with Gasteiger partial charge in [0.2, 0.25) is 0 Å². The fourth-order valence-corrected chi connectivity index (χ4v) is 3.59. The van der Waals surface area contributed by atoms with E-state index >= 15 is 0 Å². The van der Waals surface area contributed by atoms with Crippen LogP contribution in [0.5, 0.6) is 0 Å². The van der Waals surface area contributed by atoms with E-state index in [2.05, 4.69) is 31.4 Å². The molecule has 2 rings (SSSR count). The molecule has 0 radical (unpaired) electrons. The van der Waals surface area contributed by atoms with Crippen LogP contribution in [0.25, 0.3) is 0 Å². The lowest BCUT2D eigenvalue weighted by atomic mass is 9.87. The molecule has 2 fully saturated rings. The summed E-state index contributed by atoms with van der Waals surface area (Å²) < 4.78 is 0. The fraction of sp³-hybridized carbons (Fsp3) is 1.00. The van der Waals surface area contributed by atoms with Crippen molar-refractivity contribution in [1.82, 2.24) is 4.90 Å². The highest BCUT2D eigenvalue weighted by atomic mass is 32.1. The Balaban J connectivity index is 1.92. The van der Waals surface area contributed by atoms with Gasteiger partial charge in [0.05, 0.1) is 0 Å². The highest BCUT2D eigenvalue weighted by Gasteiger charge is 2.38. The van der Waals surface area contributed by atoms with Crippen molar-refractivity contribution in [3.63, 3.8) is 0 Å². The number of thiol groups is 1. The third kappa shape index (κ3) is 3.16. The van der Waals surface area contributed by atoms with Gasteiger partial charge < -0.3 is 0 Å². The van der Waals surface area contributed by atoms with Crippen molar-refractivity contribution in [1.29, 1.82) is 0 Å². The smallest absolute Gasteiger partial charge is 0.00967 e. The first kappa shape index (κ1) is 12.8. The molecule has 0 bridgehead atoms. The van der Waals surface area contributed by atoms with Crippen LogP contribution in [-0.4, -0.2) is 29.8 Å². The van der Waals surface area contributed by atoms with Crippen LogP contribution in [0.15, 0.2) is 0 Å². The van der Waals surface area contributed by atoms with Crippen molar-refractivity contribution in [2.24, 2.45) is 11.3 Å². The van der Waals surface area contributed by atoms with E-state index in [1.807, 2.05) is 0 Å². The molecule has 1 nitrogen and oxygen atoms in total. The molecule has 16 heavy (non-hydrogen) atoms. The minimum atomic E-state index is 0.556. The Bertz CT molecular complexity index is 217. The predicted molar refractivity (Wildman–Crippen MR) is 74.2 cm³/mol. The first-order valence-corrected chi connectivity index (χ1v) is 7.63. The van der Waals surface area contributed by atoms with Crippen molar-refractivity contribution in [2.45, 2.75) is 58.4 Å². The Morgan fingerprint density at radius 2 is 1.88 bits per heavy atom. The number of nitrogens with zero attached hydrogens (tertiary/aromatic N) is 1. The van der Waals surface area contributed by atoms with E-state index in [1.165, 1.54) is 51.6 Å². The molecule has 0 aromatic heterocycles. The summed E-state index contributed by atoms with van der Waals surface area (Å²) in [6.07, 6.45) is 8.57. The van der Waals surface area contributed by atoms with Crippen molar-refractivity contribution >= 4 is 12.6 Å². The minimum Gasteiger partial charge on any atom is -0.300 e. The Hall–Kier alpha value is 0.310. The molecule has 0 aliphatic heterocycles. The van der Waals surface area contributed by atoms with Gasteiger partial charge in [0.25, 0.3) is 0 Å². The monoisotopic (exact) mass is 241 g/mol. The van der Waals surface area contributed by atoms with Gasteiger partial charge in [-0.25, -0.2) is 0 Å². The molecule has 0 aromatic carbocycles. The fourth-order valence-electron chi connectivity index (χ4n) is 3.17. The third-order valence-corrected chi connectivity index (χ3v) is 4.87. The Morgan fingerprint density at radius 1 is 1.25 bits per heavy atom. The lowest BCUT2D eigenvalue weighted by Crippen LogP contribution is -2.40. The van der Waals surface area contributed by atoms with Crippen LogP contribution in [-0.2, 0) is 0 Å². The van der Waals surface area contributed by atoms with E-state index in [9.17, 15) is 0 Å². The molecule has 0 amide bonds. The van der Waals surface area contributed by atoms with Crippen LogP contribution in [0.3, 0.4) is 0 Å². The van der Waals surface area contributed by atoms with Crippen molar-refractivity contribution in [3.8, 4) is 0 Å². The zero-order chi connectivity index (χ0) is 11.6. The van der Waals surface area contributed by atoms with Crippen LogP contribution in [0.4, 0.5) is 0 Å². The van der Waals surface area contributed by atoms with Crippen LogP contribution < -0.4 is 0 Å². The Kier molecular flexibility index (Phi) is 4.23. The van der Waals surface area contributed by atoms with Gasteiger partial charge in [-0.05, 0) is 42.8 Å². The molecule has 2 saturated carbocycles. The molecule has 0 spiro atoms. The van der Waals surface area contributed by atoms with Gasteiger partial charge in [-0.1, -0.05) is 26.7 Å². The van der Waals surface area contributed by atoms with E-state index in [0.29, 0.717) is 5.41 Å². The first-order valence-electron chi connectivity index (χ1n) is 7.00. The molecule has 0 N–H and O–H groups in total. The van der Waals surface area contributed by atoms with E-state index in [-0.39, 0.29) is 0 Å². The number of rotatable bonds is 6. The van der Waals surface area contributed by atoms with E-state index in [1.54, 1.807) is 0 Å². The standard InChI is InChI=1S/C14H27NS/c1-12(2)9-15(13-5-6-13)10-14(11-16)7-3-4-8-14/h12-13,16H,3-11H2,1-2H3. The summed E-state index contributed by atoms with van der Waals surface area (Å²) in [5.74, 6) is 1.90. The van der Waals surface area contributed by atoms with Crippen molar-refractivity contribution < 1.29 is 0 Å². The molecule has 0 heterocycles. The van der Waals surface area contributed by atoms with Gasteiger partial charge in [-0.15, -0.1) is 0 Å². The van der Waals surface area contributed by atoms with Gasteiger partial charge in [-0.2, -0.15) is 12.6 Å². The lowest BCUT2D eigenvalue weighted by molar-refractivity contribution is 0.149. The molecule has 0 saturated heterocycles. The summed E-state index contributed by atoms with van der Waals surface area (Å²) in [6, 6.07) is 0.916. The maximum Gasteiger partial charge on any atom is 0.00967 e. The van der Waals surface area contributed by atoms with Crippen LogP contribution in [0.1, 0.15) is 52.4 Å². The molecular formula is C14H27NS. The summed E-state index contributed by atoms with van der Waals surface area (Å²) in [5, 5.41) is 0. The minimum absolute atomic E-state index is 0.556. The molecule has 2 heteroatoms. The summed E-state index contributed by atoms with van der Waals surface area (Å²) in [6.45, 7) is 7.30. The van der Waals surface area contributed by atoms with Gasteiger partial charge in [-0.3, -0.25) is 4.90 Å². The summed E-state index contributed by atoms with van der Waals surface area (Å²) >= 11 is 4.63. The quantitative estimate of drug-likeness (QED) is 0.696. The maximum absolute atomic E-state index is 4.63. The maximum atomic E-state index is 4.63. The molecule has 2 aliphatic rings. The first-order chi connectivity index (χ1) is 7.65. The predicted octanol–water partition coefficient (Wildman–Crippen LogP) is 3.60. The van der Waals surface area contributed by atoms with Gasteiger partial charge in [0.15, 0.2) is 0 Å². The third-order valence-electron chi connectivity index (χ3n) is 4.20. The van der Waals surface area contributed by atoms with Crippen molar-refractivity contribution in [3.05, 3.63) is 0 Å². The van der Waals surface area contributed by atoms with Gasteiger partial charge in [0, 0.05) is 19.1 Å². The molecule has 0 unspecified atom stereocenters. The second-order valence-electron chi connectivity index (χ2n) is 6.42. The van der Waals surface area contributed by atoms with Crippen LogP contribution in [0.2, 0.25) is 0 Å². The highest BCUT2D eigenvalue weighted by molar-refractivity contribution is 7.80. The number of hydrogen-bond donors (Lipinski definition) is 1. The lowest BCUT2D eigenvalue weighted by Gasteiger charge is -2.35. The van der Waals surface area contributed by atoms with Gasteiger partial charge >= 0.3 is 0 Å². The Morgan fingerprint density at radius 3 is 2.31 bits per heavy atom. The molecule has 0 atom stereocenters. The van der Waals surface area contributed by atoms with E-state index in [0.717, 1.165) is 17.7 Å². The average Bonchev–Trinajstić information content (AvgIpc) is 2.99. The van der Waals surface area contributed by atoms with Crippen LogP contribution in [0, 0.1) is 11.3 Å². The second-order valence-corrected chi connectivity index (χ2v) is 6.74. The van der Waals surface area contributed by atoms with Gasteiger partial charge in [0.1, 0.15) is 0 Å². The molecular weight excluding hydrogens is 214 g/mol. The number of hydrogen-bond acceptors (Lipinski definition) is 2. The normalized spacial score (nSPS) is 24.6. The van der Waals surface area contributed by atoms with Crippen LogP contribution >= 0.6 is 12.6 Å². The van der Waals surface area contributed by atoms with E-state index in [4.69, 9.17) is 0 Å². The summed E-state index contributed by atoms with van der Waals surface area (Å²) in [7, 11) is 0.